The SMILES string of the molecule is CC(=O)N1CCC(c2cc(CN(C)C)n(CCNC(=O)c3nccc4ccccc34)n2)CC1. The van der Waals surface area contributed by atoms with E-state index in [0.29, 0.717) is 24.7 Å². The third-order valence-electron chi connectivity index (χ3n) is 6.22. The number of nitrogens with zero attached hydrogens (tertiary/aromatic N) is 5. The van der Waals surface area contributed by atoms with Gasteiger partial charge in [0.15, 0.2) is 0 Å². The second-order valence-electron chi connectivity index (χ2n) is 8.94. The Labute approximate surface area is 194 Å². The zero-order chi connectivity index (χ0) is 23.4. The van der Waals surface area contributed by atoms with Gasteiger partial charge in [-0.3, -0.25) is 19.3 Å². The molecule has 33 heavy (non-hydrogen) atoms. The highest BCUT2D eigenvalue weighted by Gasteiger charge is 2.25. The standard InChI is InChI=1S/C25H32N6O2/c1-18(32)30-13-9-20(10-14-30)23-16-21(17-29(2)3)31(28-23)15-12-27-25(33)24-22-7-5-4-6-19(22)8-11-26-24/h4-8,11,16,20H,9-10,12-15,17H2,1-3H3,(H,27,33). The maximum Gasteiger partial charge on any atom is 0.270 e. The Kier molecular flexibility index (Phi) is 7.03. The van der Waals surface area contributed by atoms with Crippen molar-refractivity contribution in [2.24, 2.45) is 0 Å². The summed E-state index contributed by atoms with van der Waals surface area (Å²) in [5, 5.41) is 9.75. The lowest BCUT2D eigenvalue weighted by Crippen LogP contribution is -2.36. The molecule has 2 amide bonds. The summed E-state index contributed by atoms with van der Waals surface area (Å²) >= 11 is 0. The van der Waals surface area contributed by atoms with Crippen molar-refractivity contribution in [1.82, 2.24) is 29.9 Å². The Morgan fingerprint density at radius 2 is 1.91 bits per heavy atom. The highest BCUT2D eigenvalue weighted by atomic mass is 16.2. The number of likely N-dealkylation sites (tertiary alicyclic amines) is 1. The number of pyridine rings is 1. The van der Waals surface area contributed by atoms with Crippen molar-refractivity contribution >= 4 is 22.6 Å². The Bertz CT molecular complexity index is 1130. The van der Waals surface area contributed by atoms with Crippen molar-refractivity contribution in [3.63, 3.8) is 0 Å². The first kappa shape index (κ1) is 22.9. The smallest absolute Gasteiger partial charge is 0.270 e. The lowest BCUT2D eigenvalue weighted by molar-refractivity contribution is -0.129. The molecule has 1 aromatic carbocycles. The molecule has 0 spiro atoms. The van der Waals surface area contributed by atoms with Crippen LogP contribution in [0.1, 0.15) is 47.6 Å². The molecule has 0 bridgehead atoms. The molecule has 0 radical (unpaired) electrons. The number of benzene rings is 1. The lowest BCUT2D eigenvalue weighted by atomic mass is 9.93. The monoisotopic (exact) mass is 448 g/mol. The summed E-state index contributed by atoms with van der Waals surface area (Å²) in [5.41, 5.74) is 2.65. The van der Waals surface area contributed by atoms with Crippen LogP contribution < -0.4 is 5.32 Å². The van der Waals surface area contributed by atoms with Crippen LogP contribution in [0.3, 0.4) is 0 Å². The highest BCUT2D eigenvalue weighted by Crippen LogP contribution is 2.28. The molecule has 0 unspecified atom stereocenters. The first-order valence-electron chi connectivity index (χ1n) is 11.5. The fourth-order valence-electron chi connectivity index (χ4n) is 4.47. The molecular formula is C25H32N6O2. The topological polar surface area (TPSA) is 83.4 Å². The van der Waals surface area contributed by atoms with E-state index < -0.39 is 0 Å². The Balaban J connectivity index is 1.42. The largest absolute Gasteiger partial charge is 0.349 e. The maximum absolute atomic E-state index is 12.8. The lowest BCUT2D eigenvalue weighted by Gasteiger charge is -2.30. The molecule has 1 N–H and O–H groups in total. The molecule has 8 heteroatoms. The van der Waals surface area contributed by atoms with Gasteiger partial charge in [0.2, 0.25) is 5.91 Å². The van der Waals surface area contributed by atoms with E-state index in [-0.39, 0.29) is 11.8 Å². The Morgan fingerprint density at radius 1 is 1.15 bits per heavy atom. The fourth-order valence-corrected chi connectivity index (χ4v) is 4.47. The van der Waals surface area contributed by atoms with Gasteiger partial charge < -0.3 is 15.1 Å². The number of hydrogen-bond acceptors (Lipinski definition) is 5. The van der Waals surface area contributed by atoms with E-state index >= 15 is 0 Å². The number of hydrogen-bond donors (Lipinski definition) is 1. The molecule has 3 heterocycles. The number of piperidine rings is 1. The van der Waals surface area contributed by atoms with Gasteiger partial charge >= 0.3 is 0 Å². The summed E-state index contributed by atoms with van der Waals surface area (Å²) in [4.78, 5) is 32.8. The Hall–Kier alpha value is -3.26. The summed E-state index contributed by atoms with van der Waals surface area (Å²) in [6.45, 7) is 5.03. The summed E-state index contributed by atoms with van der Waals surface area (Å²) < 4.78 is 2.00. The molecule has 8 nitrogen and oxygen atoms in total. The average Bonchev–Trinajstić information content (AvgIpc) is 3.20. The van der Waals surface area contributed by atoms with Crippen LogP contribution in [0.2, 0.25) is 0 Å². The predicted octanol–water partition coefficient (Wildman–Crippen LogP) is 2.65. The summed E-state index contributed by atoms with van der Waals surface area (Å²) in [6.07, 6.45) is 3.53. The van der Waals surface area contributed by atoms with Crippen LogP contribution >= 0.6 is 0 Å². The van der Waals surface area contributed by atoms with E-state index in [2.05, 4.69) is 21.3 Å². The van der Waals surface area contributed by atoms with Gasteiger partial charge in [-0.25, -0.2) is 0 Å². The second-order valence-corrected chi connectivity index (χ2v) is 8.94. The van der Waals surface area contributed by atoms with Gasteiger partial charge in [-0.1, -0.05) is 24.3 Å². The van der Waals surface area contributed by atoms with Crippen molar-refractivity contribution in [1.29, 1.82) is 0 Å². The van der Waals surface area contributed by atoms with Crippen molar-refractivity contribution in [3.8, 4) is 0 Å². The van der Waals surface area contributed by atoms with Crippen molar-refractivity contribution in [2.45, 2.75) is 38.8 Å². The van der Waals surface area contributed by atoms with Gasteiger partial charge in [-0.2, -0.15) is 5.10 Å². The minimum atomic E-state index is -0.176. The molecule has 4 rings (SSSR count). The van der Waals surface area contributed by atoms with Gasteiger partial charge in [0.25, 0.3) is 5.91 Å². The van der Waals surface area contributed by atoms with Crippen LogP contribution in [0.4, 0.5) is 0 Å². The minimum Gasteiger partial charge on any atom is -0.349 e. The molecule has 1 fully saturated rings. The highest BCUT2D eigenvalue weighted by molar-refractivity contribution is 6.05. The van der Waals surface area contributed by atoms with E-state index in [4.69, 9.17) is 5.10 Å². The van der Waals surface area contributed by atoms with Crippen LogP contribution in [0.15, 0.2) is 42.6 Å². The number of rotatable bonds is 7. The van der Waals surface area contributed by atoms with E-state index in [1.54, 1.807) is 13.1 Å². The molecule has 3 aromatic rings. The normalized spacial score (nSPS) is 14.7. The van der Waals surface area contributed by atoms with Gasteiger partial charge in [0.1, 0.15) is 5.69 Å². The molecule has 174 valence electrons. The van der Waals surface area contributed by atoms with Crippen LogP contribution in [0, 0.1) is 0 Å². The van der Waals surface area contributed by atoms with E-state index in [9.17, 15) is 9.59 Å². The van der Waals surface area contributed by atoms with Crippen molar-refractivity contribution < 1.29 is 9.59 Å². The number of amides is 2. The summed E-state index contributed by atoms with van der Waals surface area (Å²) in [7, 11) is 4.08. The second kappa shape index (κ2) is 10.1. The van der Waals surface area contributed by atoms with Crippen LogP contribution in [0.25, 0.3) is 10.8 Å². The van der Waals surface area contributed by atoms with Gasteiger partial charge in [-0.15, -0.1) is 0 Å². The van der Waals surface area contributed by atoms with Gasteiger partial charge in [0, 0.05) is 50.6 Å². The predicted molar refractivity (Wildman–Crippen MR) is 128 cm³/mol. The molecule has 2 aromatic heterocycles. The molecule has 1 saturated heterocycles. The molecule has 0 atom stereocenters. The van der Waals surface area contributed by atoms with Crippen molar-refractivity contribution in [3.05, 3.63) is 59.7 Å². The molecule has 1 aliphatic heterocycles. The fraction of sp³-hybridized carbons (Fsp3) is 0.440. The first-order chi connectivity index (χ1) is 15.9. The van der Waals surface area contributed by atoms with Gasteiger partial charge in [-0.05, 0) is 44.5 Å². The maximum atomic E-state index is 12.8. The van der Waals surface area contributed by atoms with Crippen LogP contribution in [0.5, 0.6) is 0 Å². The molecule has 1 aliphatic rings. The molecule has 0 saturated carbocycles. The number of carbonyl (C=O) groups is 2. The quantitative estimate of drug-likeness (QED) is 0.601. The summed E-state index contributed by atoms with van der Waals surface area (Å²) in [6, 6.07) is 11.9. The number of fused-ring (bicyclic) bond motifs is 1. The van der Waals surface area contributed by atoms with E-state index in [1.165, 1.54) is 0 Å². The summed E-state index contributed by atoms with van der Waals surface area (Å²) in [5.74, 6) is 0.325. The van der Waals surface area contributed by atoms with Gasteiger partial charge in [0.05, 0.1) is 17.9 Å². The Morgan fingerprint density at radius 3 is 2.64 bits per heavy atom. The van der Waals surface area contributed by atoms with Crippen molar-refractivity contribution in [2.75, 3.05) is 33.7 Å². The van der Waals surface area contributed by atoms with Crippen LogP contribution in [-0.4, -0.2) is 70.1 Å². The minimum absolute atomic E-state index is 0.142. The average molecular weight is 449 g/mol. The zero-order valence-corrected chi connectivity index (χ0v) is 19.6. The zero-order valence-electron chi connectivity index (χ0n) is 19.6. The molecule has 0 aliphatic carbocycles. The number of nitrogens with one attached hydrogen (secondary N) is 1. The number of aromatic nitrogens is 3. The van der Waals surface area contributed by atoms with E-state index in [0.717, 1.165) is 54.6 Å². The first-order valence-corrected chi connectivity index (χ1v) is 11.5. The van der Waals surface area contributed by atoms with E-state index in [1.807, 2.05) is 54.0 Å². The molecular weight excluding hydrogens is 416 g/mol. The van der Waals surface area contributed by atoms with Crippen LogP contribution in [-0.2, 0) is 17.9 Å². The number of carbonyl (C=O) groups excluding carboxylic acids is 2. The third-order valence-corrected chi connectivity index (χ3v) is 6.22. The third kappa shape index (κ3) is 5.39.